The smallest absolute Gasteiger partial charge is 0.255 e. The molecule has 0 aliphatic rings. The van der Waals surface area contributed by atoms with Gasteiger partial charge in [-0.05, 0) is 55.2 Å². The first kappa shape index (κ1) is 22.1. The standard InChI is InChI=1S/C22H30N2O3S/c1-16(2)14-24(15-17(3)4)28(26,27)21-12-10-20(11-13-21)23-22(25)19-8-6-18(5)7-9-19/h6-13,16-17H,14-15H2,1-5H3,(H,23,25). The fraction of sp³-hybridized carbons (Fsp3) is 0.409. The Morgan fingerprint density at radius 1 is 0.893 bits per heavy atom. The van der Waals surface area contributed by atoms with Crippen LogP contribution >= 0.6 is 0 Å². The van der Waals surface area contributed by atoms with Gasteiger partial charge in [-0.25, -0.2) is 8.42 Å². The summed E-state index contributed by atoms with van der Waals surface area (Å²) in [6.07, 6.45) is 0. The number of carbonyl (C=O) groups excluding carboxylic acids is 1. The highest BCUT2D eigenvalue weighted by atomic mass is 32.2. The van der Waals surface area contributed by atoms with Gasteiger partial charge in [-0.3, -0.25) is 4.79 Å². The molecule has 1 N–H and O–H groups in total. The third-order valence-electron chi connectivity index (χ3n) is 4.20. The summed E-state index contributed by atoms with van der Waals surface area (Å²) in [6.45, 7) is 10.9. The summed E-state index contributed by atoms with van der Waals surface area (Å²) in [5.74, 6) is 0.250. The van der Waals surface area contributed by atoms with Gasteiger partial charge >= 0.3 is 0 Å². The summed E-state index contributed by atoms with van der Waals surface area (Å²) >= 11 is 0. The van der Waals surface area contributed by atoms with Crippen LogP contribution in [0.2, 0.25) is 0 Å². The number of nitrogens with zero attached hydrogens (tertiary/aromatic N) is 1. The number of carbonyl (C=O) groups is 1. The molecular weight excluding hydrogens is 372 g/mol. The maximum atomic E-state index is 13.0. The van der Waals surface area contributed by atoms with Gasteiger partial charge in [-0.15, -0.1) is 0 Å². The van der Waals surface area contributed by atoms with Crippen molar-refractivity contribution in [3.8, 4) is 0 Å². The molecule has 1 amide bonds. The van der Waals surface area contributed by atoms with Crippen LogP contribution in [-0.4, -0.2) is 31.7 Å². The monoisotopic (exact) mass is 402 g/mol. The summed E-state index contributed by atoms with van der Waals surface area (Å²) < 4.78 is 27.6. The fourth-order valence-corrected chi connectivity index (χ4v) is 4.62. The second-order valence-electron chi connectivity index (χ2n) is 7.95. The van der Waals surface area contributed by atoms with Crippen molar-refractivity contribution in [3.05, 3.63) is 59.7 Å². The lowest BCUT2D eigenvalue weighted by Gasteiger charge is -2.25. The van der Waals surface area contributed by atoms with Crippen LogP contribution in [0.4, 0.5) is 5.69 Å². The Bertz CT molecular complexity index is 876. The van der Waals surface area contributed by atoms with Crippen LogP contribution < -0.4 is 5.32 Å². The minimum atomic E-state index is -3.57. The Kier molecular flexibility index (Phi) is 7.38. The maximum Gasteiger partial charge on any atom is 0.255 e. The van der Waals surface area contributed by atoms with E-state index in [-0.39, 0.29) is 22.6 Å². The molecule has 0 saturated carbocycles. The minimum Gasteiger partial charge on any atom is -0.322 e. The van der Waals surface area contributed by atoms with Gasteiger partial charge in [0.05, 0.1) is 4.90 Å². The van der Waals surface area contributed by atoms with Crippen molar-refractivity contribution in [2.45, 2.75) is 39.5 Å². The molecule has 6 heteroatoms. The molecular formula is C22H30N2O3S. The molecule has 0 unspecified atom stereocenters. The number of hydrogen-bond donors (Lipinski definition) is 1. The van der Waals surface area contributed by atoms with Gasteiger partial charge in [0.2, 0.25) is 10.0 Å². The van der Waals surface area contributed by atoms with Crippen LogP contribution in [-0.2, 0) is 10.0 Å². The summed E-state index contributed by atoms with van der Waals surface area (Å²) in [7, 11) is -3.57. The van der Waals surface area contributed by atoms with Crippen molar-refractivity contribution in [2.75, 3.05) is 18.4 Å². The molecule has 2 rings (SSSR count). The first-order chi connectivity index (χ1) is 13.1. The third kappa shape index (κ3) is 5.91. The average molecular weight is 403 g/mol. The quantitative estimate of drug-likeness (QED) is 0.704. The van der Waals surface area contributed by atoms with Gasteiger partial charge in [0.1, 0.15) is 0 Å². The molecule has 0 fully saturated rings. The van der Waals surface area contributed by atoms with Crippen LogP contribution in [0, 0.1) is 18.8 Å². The molecule has 152 valence electrons. The van der Waals surface area contributed by atoms with Gasteiger partial charge in [0.15, 0.2) is 0 Å². The molecule has 0 atom stereocenters. The number of benzene rings is 2. The highest BCUT2D eigenvalue weighted by Gasteiger charge is 2.25. The van der Waals surface area contributed by atoms with E-state index in [9.17, 15) is 13.2 Å². The molecule has 0 spiro atoms. The third-order valence-corrected chi connectivity index (χ3v) is 6.05. The Morgan fingerprint density at radius 3 is 1.86 bits per heavy atom. The molecule has 2 aromatic rings. The van der Waals surface area contributed by atoms with E-state index in [1.165, 1.54) is 0 Å². The van der Waals surface area contributed by atoms with Crippen molar-refractivity contribution in [3.63, 3.8) is 0 Å². The summed E-state index contributed by atoms with van der Waals surface area (Å²) in [5.41, 5.74) is 2.20. The molecule has 0 radical (unpaired) electrons. The lowest BCUT2D eigenvalue weighted by atomic mass is 10.1. The van der Waals surface area contributed by atoms with E-state index < -0.39 is 10.0 Å². The normalized spacial score (nSPS) is 12.0. The zero-order valence-electron chi connectivity index (χ0n) is 17.3. The molecule has 0 aliphatic heterocycles. The van der Waals surface area contributed by atoms with Gasteiger partial charge < -0.3 is 5.32 Å². The fourth-order valence-electron chi connectivity index (χ4n) is 2.85. The number of rotatable bonds is 8. The van der Waals surface area contributed by atoms with Crippen LogP contribution in [0.15, 0.2) is 53.4 Å². The van der Waals surface area contributed by atoms with E-state index in [4.69, 9.17) is 0 Å². The van der Waals surface area contributed by atoms with Gasteiger partial charge in [0, 0.05) is 24.3 Å². The Morgan fingerprint density at radius 2 is 1.39 bits per heavy atom. The van der Waals surface area contributed by atoms with Crippen LogP contribution in [0.1, 0.15) is 43.6 Å². The molecule has 0 aromatic heterocycles. The minimum absolute atomic E-state index is 0.225. The van der Waals surface area contributed by atoms with E-state index in [1.54, 1.807) is 40.7 Å². The van der Waals surface area contributed by atoms with Crippen molar-refractivity contribution in [1.82, 2.24) is 4.31 Å². The van der Waals surface area contributed by atoms with Crippen LogP contribution in [0.3, 0.4) is 0 Å². The first-order valence-electron chi connectivity index (χ1n) is 9.58. The second-order valence-corrected chi connectivity index (χ2v) is 9.89. The van der Waals surface area contributed by atoms with Gasteiger partial charge in [0.25, 0.3) is 5.91 Å². The Balaban J connectivity index is 2.17. The van der Waals surface area contributed by atoms with Crippen LogP contribution in [0.25, 0.3) is 0 Å². The number of sulfonamides is 1. The lowest BCUT2D eigenvalue weighted by molar-refractivity contribution is 0.102. The summed E-state index contributed by atoms with van der Waals surface area (Å²) in [6, 6.07) is 13.6. The number of nitrogens with one attached hydrogen (secondary N) is 1. The number of hydrogen-bond acceptors (Lipinski definition) is 3. The summed E-state index contributed by atoms with van der Waals surface area (Å²) in [4.78, 5) is 12.6. The number of aryl methyl sites for hydroxylation is 1. The predicted molar refractivity (Wildman–Crippen MR) is 114 cm³/mol. The van der Waals surface area contributed by atoms with Gasteiger partial charge in [-0.1, -0.05) is 45.4 Å². The molecule has 0 bridgehead atoms. The van der Waals surface area contributed by atoms with E-state index in [2.05, 4.69) is 5.32 Å². The van der Waals surface area contributed by atoms with Crippen LogP contribution in [0.5, 0.6) is 0 Å². The largest absolute Gasteiger partial charge is 0.322 e. The molecule has 28 heavy (non-hydrogen) atoms. The van der Waals surface area contributed by atoms with Crippen molar-refractivity contribution >= 4 is 21.6 Å². The zero-order chi connectivity index (χ0) is 20.9. The van der Waals surface area contributed by atoms with Crippen molar-refractivity contribution < 1.29 is 13.2 Å². The summed E-state index contributed by atoms with van der Waals surface area (Å²) in [5, 5.41) is 2.80. The first-order valence-corrected chi connectivity index (χ1v) is 11.0. The van der Waals surface area contributed by atoms with E-state index in [0.717, 1.165) is 5.56 Å². The van der Waals surface area contributed by atoms with Crippen molar-refractivity contribution in [2.24, 2.45) is 11.8 Å². The SMILES string of the molecule is Cc1ccc(C(=O)Nc2ccc(S(=O)(=O)N(CC(C)C)CC(C)C)cc2)cc1. The number of anilines is 1. The topological polar surface area (TPSA) is 66.5 Å². The highest BCUT2D eigenvalue weighted by molar-refractivity contribution is 7.89. The Labute approximate surface area is 168 Å². The van der Waals surface area contributed by atoms with E-state index in [1.807, 2.05) is 46.8 Å². The molecule has 0 saturated heterocycles. The lowest BCUT2D eigenvalue weighted by Crippen LogP contribution is -2.37. The molecule has 2 aromatic carbocycles. The maximum absolute atomic E-state index is 13.0. The van der Waals surface area contributed by atoms with E-state index >= 15 is 0 Å². The van der Waals surface area contributed by atoms with E-state index in [0.29, 0.717) is 24.3 Å². The molecule has 0 aliphatic carbocycles. The molecule has 0 heterocycles. The second kappa shape index (κ2) is 9.34. The average Bonchev–Trinajstić information content (AvgIpc) is 2.61. The predicted octanol–water partition coefficient (Wildman–Crippen LogP) is 4.55. The highest BCUT2D eigenvalue weighted by Crippen LogP contribution is 2.21. The molecule has 5 nitrogen and oxygen atoms in total. The number of amides is 1. The Hall–Kier alpha value is -2.18. The zero-order valence-corrected chi connectivity index (χ0v) is 18.1. The van der Waals surface area contributed by atoms with Crippen molar-refractivity contribution in [1.29, 1.82) is 0 Å². The van der Waals surface area contributed by atoms with Gasteiger partial charge in [-0.2, -0.15) is 4.31 Å².